The average Bonchev–Trinajstić information content (AvgIpc) is 2.12. The highest BCUT2D eigenvalue weighted by Gasteiger charge is 2.39. The molecule has 0 rings (SSSR count). The van der Waals surface area contributed by atoms with Crippen LogP contribution in [0.25, 0.3) is 0 Å². The first kappa shape index (κ1) is 12.7. The third-order valence-electron chi connectivity index (χ3n) is 2.00. The van der Waals surface area contributed by atoms with Gasteiger partial charge in [-0.25, -0.2) is 0 Å². The van der Waals surface area contributed by atoms with Crippen LogP contribution in [0.4, 0.5) is 0 Å². The maximum atomic E-state index is 10.2. The highest BCUT2D eigenvalue weighted by molar-refractivity contribution is 4.76. The molecule has 4 atom stereocenters. The van der Waals surface area contributed by atoms with Gasteiger partial charge in [0.15, 0.2) is 12.2 Å². The standard InChI is InChI=1S/C6H12N2O6/c1-3(7(11)12)5(9)6(10)4(2)8(13)14/h3-6,9-10H,1-2H3/t3-,4+,5+,6-. The van der Waals surface area contributed by atoms with Gasteiger partial charge in [0.2, 0.25) is 12.1 Å². The van der Waals surface area contributed by atoms with Crippen LogP contribution in [0.5, 0.6) is 0 Å². The van der Waals surface area contributed by atoms with Crippen LogP contribution in [0.2, 0.25) is 0 Å². The predicted molar refractivity (Wildman–Crippen MR) is 44.9 cm³/mol. The fraction of sp³-hybridized carbons (Fsp3) is 1.00. The summed E-state index contributed by atoms with van der Waals surface area (Å²) in [4.78, 5) is 18.8. The molecular weight excluding hydrogens is 196 g/mol. The second kappa shape index (κ2) is 4.82. The number of aliphatic hydroxyl groups excluding tert-OH is 2. The topological polar surface area (TPSA) is 127 Å². The first-order valence-electron chi connectivity index (χ1n) is 3.92. The molecule has 0 aromatic heterocycles. The van der Waals surface area contributed by atoms with Gasteiger partial charge >= 0.3 is 0 Å². The Bertz CT molecular complexity index is 208. The van der Waals surface area contributed by atoms with E-state index in [1.807, 2.05) is 0 Å². The Labute approximate surface area is 79.5 Å². The van der Waals surface area contributed by atoms with Crippen molar-refractivity contribution in [3.63, 3.8) is 0 Å². The Hall–Kier alpha value is -1.28. The van der Waals surface area contributed by atoms with Gasteiger partial charge in [-0.15, -0.1) is 0 Å². The molecule has 0 amide bonds. The van der Waals surface area contributed by atoms with Gasteiger partial charge in [0.05, 0.1) is 0 Å². The molecule has 0 aromatic carbocycles. The van der Waals surface area contributed by atoms with Crippen LogP contribution in [-0.4, -0.2) is 44.4 Å². The van der Waals surface area contributed by atoms with E-state index in [0.717, 1.165) is 13.8 Å². The third kappa shape index (κ3) is 2.89. The Morgan fingerprint density at radius 1 is 0.929 bits per heavy atom. The minimum Gasteiger partial charge on any atom is -0.383 e. The lowest BCUT2D eigenvalue weighted by Gasteiger charge is -2.19. The van der Waals surface area contributed by atoms with E-state index >= 15 is 0 Å². The van der Waals surface area contributed by atoms with Gasteiger partial charge in [-0.1, -0.05) is 0 Å². The van der Waals surface area contributed by atoms with Crippen LogP contribution in [-0.2, 0) is 0 Å². The molecule has 0 fully saturated rings. The van der Waals surface area contributed by atoms with Crippen molar-refractivity contribution in [2.24, 2.45) is 0 Å². The zero-order chi connectivity index (χ0) is 11.5. The van der Waals surface area contributed by atoms with Crippen LogP contribution < -0.4 is 0 Å². The van der Waals surface area contributed by atoms with Gasteiger partial charge in [-0.2, -0.15) is 0 Å². The van der Waals surface area contributed by atoms with Crippen molar-refractivity contribution in [1.29, 1.82) is 0 Å². The second-order valence-corrected chi connectivity index (χ2v) is 3.03. The largest absolute Gasteiger partial charge is 0.383 e. The quantitative estimate of drug-likeness (QED) is 0.442. The smallest absolute Gasteiger partial charge is 0.238 e. The molecule has 0 heterocycles. The molecule has 0 bridgehead atoms. The highest BCUT2D eigenvalue weighted by Crippen LogP contribution is 2.08. The molecule has 0 saturated heterocycles. The summed E-state index contributed by atoms with van der Waals surface area (Å²) < 4.78 is 0. The highest BCUT2D eigenvalue weighted by atomic mass is 16.6. The molecule has 2 N–H and O–H groups in total. The molecule has 0 unspecified atom stereocenters. The van der Waals surface area contributed by atoms with E-state index in [0.29, 0.717) is 0 Å². The Morgan fingerprint density at radius 3 is 1.29 bits per heavy atom. The fourth-order valence-corrected chi connectivity index (χ4v) is 0.820. The van der Waals surface area contributed by atoms with Crippen molar-refractivity contribution in [1.82, 2.24) is 0 Å². The molecule has 0 radical (unpaired) electrons. The molecule has 8 heteroatoms. The summed E-state index contributed by atoms with van der Waals surface area (Å²) in [6.07, 6.45) is -3.49. The number of aliphatic hydroxyl groups is 2. The van der Waals surface area contributed by atoms with Crippen molar-refractivity contribution in [3.05, 3.63) is 20.2 Å². The van der Waals surface area contributed by atoms with Crippen molar-refractivity contribution < 1.29 is 20.1 Å². The minimum absolute atomic E-state index is 0.805. The van der Waals surface area contributed by atoms with E-state index < -0.39 is 34.1 Å². The van der Waals surface area contributed by atoms with E-state index in [-0.39, 0.29) is 0 Å². The molecular formula is C6H12N2O6. The maximum Gasteiger partial charge on any atom is 0.238 e. The third-order valence-corrected chi connectivity index (χ3v) is 2.00. The predicted octanol–water partition coefficient (Wildman–Crippen LogP) is -0.961. The normalized spacial score (nSPS) is 19.4. The lowest BCUT2D eigenvalue weighted by Crippen LogP contribution is -2.47. The fourth-order valence-electron chi connectivity index (χ4n) is 0.820. The lowest BCUT2D eigenvalue weighted by molar-refractivity contribution is -0.553. The molecule has 0 saturated carbocycles. The van der Waals surface area contributed by atoms with Gasteiger partial charge < -0.3 is 10.2 Å². The van der Waals surface area contributed by atoms with Crippen LogP contribution >= 0.6 is 0 Å². The summed E-state index contributed by atoms with van der Waals surface area (Å²) in [7, 11) is 0. The van der Waals surface area contributed by atoms with Crippen molar-refractivity contribution in [2.75, 3.05) is 0 Å². The molecule has 0 aliphatic carbocycles. The summed E-state index contributed by atoms with van der Waals surface area (Å²) in [5, 5.41) is 38.8. The van der Waals surface area contributed by atoms with E-state index in [2.05, 4.69) is 0 Å². The first-order chi connectivity index (χ1) is 6.29. The molecule has 0 aliphatic heterocycles. The number of hydrogen-bond acceptors (Lipinski definition) is 6. The number of nitro groups is 2. The van der Waals surface area contributed by atoms with Crippen LogP contribution in [0.3, 0.4) is 0 Å². The van der Waals surface area contributed by atoms with Gasteiger partial charge in [-0.3, -0.25) is 20.2 Å². The van der Waals surface area contributed by atoms with E-state index in [1.165, 1.54) is 0 Å². The molecule has 0 spiro atoms. The molecule has 0 aromatic rings. The molecule has 0 aliphatic rings. The number of nitrogens with zero attached hydrogens (tertiary/aromatic N) is 2. The second-order valence-electron chi connectivity index (χ2n) is 3.03. The number of hydrogen-bond donors (Lipinski definition) is 2. The Balaban J connectivity index is 4.45. The van der Waals surface area contributed by atoms with Crippen molar-refractivity contribution in [2.45, 2.75) is 38.1 Å². The maximum absolute atomic E-state index is 10.2. The van der Waals surface area contributed by atoms with E-state index in [9.17, 15) is 30.4 Å². The van der Waals surface area contributed by atoms with Crippen LogP contribution in [0.15, 0.2) is 0 Å². The Kier molecular flexibility index (Phi) is 4.38. The summed E-state index contributed by atoms with van der Waals surface area (Å²) in [6.45, 7) is 2.14. The zero-order valence-corrected chi connectivity index (χ0v) is 7.73. The summed E-state index contributed by atoms with van der Waals surface area (Å²) in [6, 6.07) is -2.88. The molecule has 14 heavy (non-hydrogen) atoms. The monoisotopic (exact) mass is 208 g/mol. The van der Waals surface area contributed by atoms with Gasteiger partial charge in [-0.05, 0) is 0 Å². The zero-order valence-electron chi connectivity index (χ0n) is 7.73. The van der Waals surface area contributed by atoms with Crippen LogP contribution in [0.1, 0.15) is 13.8 Å². The van der Waals surface area contributed by atoms with E-state index in [1.54, 1.807) is 0 Å². The van der Waals surface area contributed by atoms with Gasteiger partial charge in [0, 0.05) is 23.7 Å². The summed E-state index contributed by atoms with van der Waals surface area (Å²) in [5.41, 5.74) is 0. The SMILES string of the molecule is C[C@H]([C@H](O)[C@H](O)[C@H](C)[N+](=O)[O-])[N+](=O)[O-]. The lowest BCUT2D eigenvalue weighted by atomic mass is 10.0. The van der Waals surface area contributed by atoms with Crippen molar-refractivity contribution >= 4 is 0 Å². The van der Waals surface area contributed by atoms with Gasteiger partial charge in [0.25, 0.3) is 0 Å². The molecule has 82 valence electrons. The van der Waals surface area contributed by atoms with E-state index in [4.69, 9.17) is 0 Å². The summed E-state index contributed by atoms with van der Waals surface area (Å²) in [5.74, 6) is 0. The minimum atomic E-state index is -1.74. The molecule has 8 nitrogen and oxygen atoms in total. The average molecular weight is 208 g/mol. The number of rotatable bonds is 5. The Morgan fingerprint density at radius 2 is 1.14 bits per heavy atom. The van der Waals surface area contributed by atoms with Gasteiger partial charge in [0.1, 0.15) is 0 Å². The van der Waals surface area contributed by atoms with Crippen LogP contribution in [0, 0.1) is 20.2 Å². The first-order valence-corrected chi connectivity index (χ1v) is 3.92. The van der Waals surface area contributed by atoms with Crippen molar-refractivity contribution in [3.8, 4) is 0 Å². The summed E-state index contributed by atoms with van der Waals surface area (Å²) >= 11 is 0.